The van der Waals surface area contributed by atoms with Crippen LogP contribution in [0.5, 0.6) is 0 Å². The molecule has 94 valence electrons. The molecule has 0 bridgehead atoms. The topological polar surface area (TPSA) is 46.9 Å². The van der Waals surface area contributed by atoms with Crippen LogP contribution in [0.2, 0.25) is 0 Å². The number of nitrogens with zero attached hydrogens (tertiary/aromatic N) is 2. The minimum absolute atomic E-state index is 0.0711. The van der Waals surface area contributed by atoms with Crippen molar-refractivity contribution in [1.29, 1.82) is 0 Å². The Labute approximate surface area is 106 Å². The summed E-state index contributed by atoms with van der Waals surface area (Å²) in [6.07, 6.45) is 1.90. The predicted molar refractivity (Wildman–Crippen MR) is 71.3 cm³/mol. The summed E-state index contributed by atoms with van der Waals surface area (Å²) < 4.78 is 1.90. The number of rotatable bonds is 2. The van der Waals surface area contributed by atoms with Gasteiger partial charge in [-0.2, -0.15) is 5.10 Å². The third-order valence-electron chi connectivity index (χ3n) is 2.88. The van der Waals surface area contributed by atoms with Gasteiger partial charge in [0.05, 0.1) is 11.9 Å². The summed E-state index contributed by atoms with van der Waals surface area (Å²) in [5.74, 6) is 1.97. The van der Waals surface area contributed by atoms with Crippen LogP contribution in [0.15, 0.2) is 6.20 Å². The first-order chi connectivity index (χ1) is 8.00. The van der Waals surface area contributed by atoms with E-state index in [2.05, 4.69) is 38.1 Å². The van der Waals surface area contributed by atoms with Crippen LogP contribution in [0.3, 0.4) is 0 Å². The molecule has 2 rings (SSSR count). The van der Waals surface area contributed by atoms with E-state index < -0.39 is 0 Å². The molecule has 0 saturated heterocycles. The second-order valence-corrected chi connectivity index (χ2v) is 6.14. The van der Waals surface area contributed by atoms with Crippen molar-refractivity contribution in [2.75, 3.05) is 11.1 Å². The second kappa shape index (κ2) is 4.72. The van der Waals surface area contributed by atoms with E-state index in [-0.39, 0.29) is 11.9 Å². The van der Waals surface area contributed by atoms with Gasteiger partial charge >= 0.3 is 0 Å². The Bertz CT molecular complexity index is 425. The van der Waals surface area contributed by atoms with Crippen molar-refractivity contribution in [3.8, 4) is 0 Å². The minimum atomic E-state index is 0.0711. The molecule has 2 heterocycles. The average Bonchev–Trinajstić information content (AvgIpc) is 2.55. The van der Waals surface area contributed by atoms with Gasteiger partial charge in [-0.1, -0.05) is 13.8 Å². The summed E-state index contributed by atoms with van der Waals surface area (Å²) in [4.78, 5) is 11.7. The van der Waals surface area contributed by atoms with Gasteiger partial charge in [0, 0.05) is 16.9 Å². The lowest BCUT2D eigenvalue weighted by Gasteiger charge is -2.17. The molecule has 0 spiro atoms. The number of hydrogen-bond donors (Lipinski definition) is 1. The summed E-state index contributed by atoms with van der Waals surface area (Å²) in [6, 6.07) is 0.259. The standard InChI is InChI=1S/C12H19N3OS/c1-7(2)11-9-5-13-15(8(3)4)12(9)14-10(16)6-17-11/h5,7-8,11H,6H2,1-4H3,(H,14,16)/t11-/m0/s1. The van der Waals surface area contributed by atoms with Gasteiger partial charge in [-0.05, 0) is 19.8 Å². The van der Waals surface area contributed by atoms with Gasteiger partial charge in [-0.25, -0.2) is 4.68 Å². The lowest BCUT2D eigenvalue weighted by Crippen LogP contribution is -2.17. The van der Waals surface area contributed by atoms with Crippen molar-refractivity contribution in [2.45, 2.75) is 39.0 Å². The zero-order chi connectivity index (χ0) is 12.6. The van der Waals surface area contributed by atoms with Crippen LogP contribution in [0.25, 0.3) is 0 Å². The van der Waals surface area contributed by atoms with Crippen LogP contribution < -0.4 is 5.32 Å². The van der Waals surface area contributed by atoms with E-state index in [1.165, 1.54) is 0 Å². The lowest BCUT2D eigenvalue weighted by molar-refractivity contribution is -0.113. The van der Waals surface area contributed by atoms with Gasteiger partial charge in [0.15, 0.2) is 0 Å². The molecular weight excluding hydrogens is 234 g/mol. The molecule has 0 fully saturated rings. The van der Waals surface area contributed by atoms with E-state index in [0.29, 0.717) is 16.9 Å². The maximum atomic E-state index is 11.7. The summed E-state index contributed by atoms with van der Waals surface area (Å²) in [6.45, 7) is 8.51. The molecule has 0 radical (unpaired) electrons. The summed E-state index contributed by atoms with van der Waals surface area (Å²) in [5.41, 5.74) is 1.16. The molecule has 0 saturated carbocycles. The molecule has 0 aromatic carbocycles. The van der Waals surface area contributed by atoms with Crippen LogP contribution in [-0.2, 0) is 4.79 Å². The first kappa shape index (κ1) is 12.5. The van der Waals surface area contributed by atoms with Crippen molar-refractivity contribution < 1.29 is 4.79 Å². The Morgan fingerprint density at radius 3 is 2.76 bits per heavy atom. The number of aromatic nitrogens is 2. The number of thioether (sulfide) groups is 1. The van der Waals surface area contributed by atoms with Gasteiger partial charge in [-0.15, -0.1) is 11.8 Å². The van der Waals surface area contributed by atoms with Crippen LogP contribution in [0, 0.1) is 5.92 Å². The van der Waals surface area contributed by atoms with Crippen molar-refractivity contribution in [3.05, 3.63) is 11.8 Å². The van der Waals surface area contributed by atoms with E-state index in [1.807, 2.05) is 10.9 Å². The highest BCUT2D eigenvalue weighted by atomic mass is 32.2. The summed E-state index contributed by atoms with van der Waals surface area (Å²) in [7, 11) is 0. The first-order valence-corrected chi connectivity index (χ1v) is 7.04. The summed E-state index contributed by atoms with van der Waals surface area (Å²) in [5, 5.41) is 7.72. The molecule has 1 aromatic heterocycles. The first-order valence-electron chi connectivity index (χ1n) is 5.99. The number of hydrogen-bond acceptors (Lipinski definition) is 3. The molecule has 1 aromatic rings. The Morgan fingerprint density at radius 2 is 2.18 bits per heavy atom. The fourth-order valence-electron chi connectivity index (χ4n) is 2.08. The summed E-state index contributed by atoms with van der Waals surface area (Å²) >= 11 is 1.70. The number of carbonyl (C=O) groups excluding carboxylic acids is 1. The van der Waals surface area contributed by atoms with Gasteiger partial charge < -0.3 is 5.32 Å². The van der Waals surface area contributed by atoms with Crippen LogP contribution in [0.4, 0.5) is 5.82 Å². The Kier molecular flexibility index (Phi) is 3.47. The largest absolute Gasteiger partial charge is 0.310 e. The van der Waals surface area contributed by atoms with Crippen molar-refractivity contribution in [3.63, 3.8) is 0 Å². The zero-order valence-corrected chi connectivity index (χ0v) is 11.5. The van der Waals surface area contributed by atoms with Crippen molar-refractivity contribution in [1.82, 2.24) is 9.78 Å². The molecule has 5 heteroatoms. The van der Waals surface area contributed by atoms with Gasteiger partial charge in [0.2, 0.25) is 5.91 Å². The maximum absolute atomic E-state index is 11.7. The van der Waals surface area contributed by atoms with Gasteiger partial charge in [-0.3, -0.25) is 4.79 Å². The Balaban J connectivity index is 2.46. The normalized spacial score (nSPS) is 20.4. The van der Waals surface area contributed by atoms with Crippen molar-refractivity contribution >= 4 is 23.5 Å². The molecule has 0 aliphatic carbocycles. The van der Waals surface area contributed by atoms with E-state index in [4.69, 9.17) is 0 Å². The van der Waals surface area contributed by atoms with E-state index in [9.17, 15) is 4.79 Å². The van der Waals surface area contributed by atoms with E-state index >= 15 is 0 Å². The third-order valence-corrected chi connectivity index (χ3v) is 4.46. The fourth-order valence-corrected chi connectivity index (χ4v) is 3.22. The number of amides is 1. The highest BCUT2D eigenvalue weighted by Crippen LogP contribution is 2.41. The molecule has 1 aliphatic heterocycles. The van der Waals surface area contributed by atoms with Gasteiger partial charge in [0.25, 0.3) is 0 Å². The van der Waals surface area contributed by atoms with Crippen LogP contribution >= 0.6 is 11.8 Å². The minimum Gasteiger partial charge on any atom is -0.310 e. The molecule has 0 unspecified atom stereocenters. The molecular formula is C12H19N3OS. The molecule has 1 aliphatic rings. The Morgan fingerprint density at radius 1 is 1.47 bits per heavy atom. The highest BCUT2D eigenvalue weighted by molar-refractivity contribution is 8.00. The molecule has 17 heavy (non-hydrogen) atoms. The smallest absolute Gasteiger partial charge is 0.235 e. The molecule has 4 nitrogen and oxygen atoms in total. The predicted octanol–water partition coefficient (Wildman–Crippen LogP) is 2.85. The number of nitrogens with one attached hydrogen (secondary N) is 1. The molecule has 1 atom stereocenters. The van der Waals surface area contributed by atoms with Crippen LogP contribution in [-0.4, -0.2) is 21.4 Å². The van der Waals surface area contributed by atoms with Crippen LogP contribution in [0.1, 0.15) is 44.6 Å². The number of anilines is 1. The Hall–Kier alpha value is -0.970. The zero-order valence-electron chi connectivity index (χ0n) is 10.7. The number of fused-ring (bicyclic) bond motifs is 1. The lowest BCUT2D eigenvalue weighted by atomic mass is 10.0. The molecule has 1 amide bonds. The number of carbonyl (C=O) groups is 1. The third kappa shape index (κ3) is 2.34. The van der Waals surface area contributed by atoms with Gasteiger partial charge in [0.1, 0.15) is 5.82 Å². The maximum Gasteiger partial charge on any atom is 0.235 e. The molecule has 1 N–H and O–H groups in total. The highest BCUT2D eigenvalue weighted by Gasteiger charge is 2.28. The monoisotopic (exact) mass is 253 g/mol. The SMILES string of the molecule is CC(C)[C@@H]1SCC(=O)Nc2c1cnn2C(C)C. The quantitative estimate of drug-likeness (QED) is 0.881. The second-order valence-electron chi connectivity index (χ2n) is 5.01. The van der Waals surface area contributed by atoms with E-state index in [1.54, 1.807) is 11.8 Å². The van der Waals surface area contributed by atoms with Crippen molar-refractivity contribution in [2.24, 2.45) is 5.92 Å². The fraction of sp³-hybridized carbons (Fsp3) is 0.667. The average molecular weight is 253 g/mol. The van der Waals surface area contributed by atoms with E-state index in [0.717, 1.165) is 11.4 Å².